The van der Waals surface area contributed by atoms with E-state index in [0.717, 1.165) is 16.9 Å². The molecule has 0 saturated heterocycles. The summed E-state index contributed by atoms with van der Waals surface area (Å²) in [4.78, 5) is 15.3. The third-order valence-corrected chi connectivity index (χ3v) is 4.26. The minimum atomic E-state index is 0.110. The van der Waals surface area contributed by atoms with Gasteiger partial charge in [-0.1, -0.05) is 24.3 Å². The molecule has 0 fully saturated rings. The molecule has 0 spiro atoms. The second-order valence-electron chi connectivity index (χ2n) is 5.12. The van der Waals surface area contributed by atoms with Gasteiger partial charge in [-0.05, 0) is 41.6 Å². The maximum atomic E-state index is 12.3. The van der Waals surface area contributed by atoms with Crippen molar-refractivity contribution in [2.75, 3.05) is 20.4 Å². The molecular formula is C18H21NO2S. The number of nitrogens with zero attached hydrogens (tertiary/aromatic N) is 1. The molecular weight excluding hydrogens is 294 g/mol. The van der Waals surface area contributed by atoms with Gasteiger partial charge in [0.05, 0.1) is 13.5 Å². The van der Waals surface area contributed by atoms with Crippen LogP contribution in [0.4, 0.5) is 0 Å². The fraction of sp³-hybridized carbons (Fsp3) is 0.278. The van der Waals surface area contributed by atoms with E-state index in [-0.39, 0.29) is 5.91 Å². The number of methoxy groups -OCH3 is 1. The van der Waals surface area contributed by atoms with Crippen LogP contribution in [0.3, 0.4) is 0 Å². The van der Waals surface area contributed by atoms with Crippen molar-refractivity contribution in [3.8, 4) is 5.75 Å². The highest BCUT2D eigenvalue weighted by atomic mass is 32.2. The number of hydrogen-bond acceptors (Lipinski definition) is 3. The molecule has 2 rings (SSSR count). The summed E-state index contributed by atoms with van der Waals surface area (Å²) in [5.74, 6) is 0.914. The van der Waals surface area contributed by atoms with Gasteiger partial charge in [-0.25, -0.2) is 0 Å². The van der Waals surface area contributed by atoms with Crippen molar-refractivity contribution in [2.24, 2.45) is 0 Å². The van der Waals surface area contributed by atoms with Crippen LogP contribution in [0.15, 0.2) is 53.4 Å². The maximum absolute atomic E-state index is 12.3. The van der Waals surface area contributed by atoms with Crippen LogP contribution >= 0.6 is 11.8 Å². The quantitative estimate of drug-likeness (QED) is 0.763. The van der Waals surface area contributed by atoms with Crippen LogP contribution in [-0.2, 0) is 17.8 Å². The van der Waals surface area contributed by atoms with E-state index in [0.29, 0.717) is 13.0 Å². The highest BCUT2D eigenvalue weighted by molar-refractivity contribution is 7.98. The molecule has 0 aromatic heterocycles. The number of hydrogen-bond donors (Lipinski definition) is 0. The summed E-state index contributed by atoms with van der Waals surface area (Å²) in [5, 5.41) is 0. The fourth-order valence-corrected chi connectivity index (χ4v) is 2.55. The summed E-state index contributed by atoms with van der Waals surface area (Å²) in [6, 6.07) is 15.9. The SMILES string of the molecule is COc1ccc(CC(=O)N(C)Cc2ccc(SC)cc2)cc1. The molecule has 0 heterocycles. The molecule has 0 aliphatic carbocycles. The van der Waals surface area contributed by atoms with Gasteiger partial charge >= 0.3 is 0 Å². The van der Waals surface area contributed by atoms with E-state index in [4.69, 9.17) is 4.74 Å². The van der Waals surface area contributed by atoms with Gasteiger partial charge in [0.1, 0.15) is 5.75 Å². The minimum absolute atomic E-state index is 0.110. The molecule has 2 aromatic rings. The third-order valence-electron chi connectivity index (χ3n) is 3.52. The fourth-order valence-electron chi connectivity index (χ4n) is 2.15. The average Bonchev–Trinajstić information content (AvgIpc) is 2.56. The molecule has 0 N–H and O–H groups in total. The first-order chi connectivity index (χ1) is 10.6. The molecule has 0 aliphatic heterocycles. The lowest BCUT2D eigenvalue weighted by atomic mass is 10.1. The first-order valence-corrected chi connectivity index (χ1v) is 8.34. The topological polar surface area (TPSA) is 29.5 Å². The van der Waals surface area contributed by atoms with Crippen LogP contribution in [0.1, 0.15) is 11.1 Å². The van der Waals surface area contributed by atoms with E-state index in [2.05, 4.69) is 30.5 Å². The average molecular weight is 315 g/mol. The Balaban J connectivity index is 1.92. The van der Waals surface area contributed by atoms with Crippen molar-refractivity contribution in [3.05, 3.63) is 59.7 Å². The number of likely N-dealkylation sites (N-methyl/N-ethyl adjacent to an activating group) is 1. The largest absolute Gasteiger partial charge is 0.497 e. The Labute approximate surface area is 136 Å². The Bertz CT molecular complexity index is 608. The number of rotatable bonds is 6. The first-order valence-electron chi connectivity index (χ1n) is 7.12. The smallest absolute Gasteiger partial charge is 0.227 e. The van der Waals surface area contributed by atoms with Gasteiger partial charge in [-0.15, -0.1) is 11.8 Å². The first kappa shape index (κ1) is 16.4. The van der Waals surface area contributed by atoms with E-state index in [9.17, 15) is 4.79 Å². The van der Waals surface area contributed by atoms with Gasteiger partial charge < -0.3 is 9.64 Å². The van der Waals surface area contributed by atoms with Crippen LogP contribution in [0.25, 0.3) is 0 Å². The molecule has 4 heteroatoms. The standard InChI is InChI=1S/C18H21NO2S/c1-19(13-15-6-10-17(22-3)11-7-15)18(20)12-14-4-8-16(21-2)9-5-14/h4-11H,12-13H2,1-3H3. The lowest BCUT2D eigenvalue weighted by molar-refractivity contribution is -0.129. The zero-order valence-corrected chi connectivity index (χ0v) is 14.0. The normalized spacial score (nSPS) is 10.3. The third kappa shape index (κ3) is 4.53. The van der Waals surface area contributed by atoms with E-state index >= 15 is 0 Å². The number of carbonyl (C=O) groups is 1. The van der Waals surface area contributed by atoms with Crippen molar-refractivity contribution in [2.45, 2.75) is 17.9 Å². The molecule has 22 heavy (non-hydrogen) atoms. The van der Waals surface area contributed by atoms with Crippen LogP contribution in [0, 0.1) is 0 Å². The van der Waals surface area contributed by atoms with Crippen molar-refractivity contribution in [3.63, 3.8) is 0 Å². The van der Waals surface area contributed by atoms with Crippen molar-refractivity contribution in [1.29, 1.82) is 0 Å². The summed E-state index contributed by atoms with van der Waals surface area (Å²) in [6.45, 7) is 0.629. The zero-order valence-electron chi connectivity index (χ0n) is 13.2. The molecule has 1 amide bonds. The summed E-state index contributed by atoms with van der Waals surface area (Å²) in [7, 11) is 3.48. The Morgan fingerprint density at radius 3 is 2.18 bits per heavy atom. The van der Waals surface area contributed by atoms with E-state index in [1.54, 1.807) is 23.8 Å². The molecule has 0 radical (unpaired) electrons. The molecule has 0 unspecified atom stereocenters. The lowest BCUT2D eigenvalue weighted by Crippen LogP contribution is -2.27. The van der Waals surface area contributed by atoms with Gasteiger partial charge in [0.2, 0.25) is 5.91 Å². The van der Waals surface area contributed by atoms with Gasteiger partial charge in [0.15, 0.2) is 0 Å². The molecule has 0 aliphatic rings. The molecule has 0 atom stereocenters. The lowest BCUT2D eigenvalue weighted by Gasteiger charge is -2.17. The number of ether oxygens (including phenoxy) is 1. The minimum Gasteiger partial charge on any atom is -0.497 e. The number of thioether (sulfide) groups is 1. The Kier molecular flexibility index (Phi) is 5.90. The number of amides is 1. The van der Waals surface area contributed by atoms with Gasteiger partial charge in [0, 0.05) is 18.5 Å². The molecule has 2 aromatic carbocycles. The van der Waals surface area contributed by atoms with Crippen LogP contribution in [0.2, 0.25) is 0 Å². The highest BCUT2D eigenvalue weighted by Gasteiger charge is 2.10. The summed E-state index contributed by atoms with van der Waals surface area (Å²) in [6.07, 6.45) is 2.46. The molecule has 0 bridgehead atoms. The highest BCUT2D eigenvalue weighted by Crippen LogP contribution is 2.16. The van der Waals surface area contributed by atoms with Gasteiger partial charge in [-0.3, -0.25) is 4.79 Å². The van der Waals surface area contributed by atoms with Crippen LogP contribution in [0.5, 0.6) is 5.75 Å². The Morgan fingerprint density at radius 2 is 1.64 bits per heavy atom. The van der Waals surface area contributed by atoms with Crippen molar-refractivity contribution >= 4 is 17.7 Å². The summed E-state index contributed by atoms with van der Waals surface area (Å²) >= 11 is 1.72. The maximum Gasteiger partial charge on any atom is 0.227 e. The van der Waals surface area contributed by atoms with Crippen molar-refractivity contribution < 1.29 is 9.53 Å². The van der Waals surface area contributed by atoms with Gasteiger partial charge in [0.25, 0.3) is 0 Å². The van der Waals surface area contributed by atoms with E-state index < -0.39 is 0 Å². The summed E-state index contributed by atoms with van der Waals surface area (Å²) < 4.78 is 5.12. The second kappa shape index (κ2) is 7.90. The second-order valence-corrected chi connectivity index (χ2v) is 6.00. The van der Waals surface area contributed by atoms with Crippen LogP contribution < -0.4 is 4.74 Å². The molecule has 116 valence electrons. The number of benzene rings is 2. The summed E-state index contributed by atoms with van der Waals surface area (Å²) in [5.41, 5.74) is 2.14. The number of carbonyl (C=O) groups excluding carboxylic acids is 1. The predicted molar refractivity (Wildman–Crippen MR) is 91.4 cm³/mol. The Hall–Kier alpha value is -1.94. The zero-order chi connectivity index (χ0) is 15.9. The molecule has 0 saturated carbocycles. The van der Waals surface area contributed by atoms with E-state index in [1.807, 2.05) is 31.3 Å². The van der Waals surface area contributed by atoms with Gasteiger partial charge in [-0.2, -0.15) is 0 Å². The van der Waals surface area contributed by atoms with Crippen LogP contribution in [-0.4, -0.2) is 31.2 Å². The Morgan fingerprint density at radius 1 is 1.05 bits per heavy atom. The predicted octanol–water partition coefficient (Wildman–Crippen LogP) is 3.62. The van der Waals surface area contributed by atoms with E-state index in [1.165, 1.54) is 4.90 Å². The van der Waals surface area contributed by atoms with Crippen molar-refractivity contribution in [1.82, 2.24) is 4.90 Å². The monoisotopic (exact) mass is 315 g/mol. The molecule has 3 nitrogen and oxygen atoms in total.